The second kappa shape index (κ2) is 7.25. The minimum Gasteiger partial charge on any atom is -0.294 e. The van der Waals surface area contributed by atoms with Gasteiger partial charge in [0, 0.05) is 16.9 Å². The Labute approximate surface area is 119 Å². The summed E-state index contributed by atoms with van der Waals surface area (Å²) in [5.41, 5.74) is 2.14. The van der Waals surface area contributed by atoms with Gasteiger partial charge in [0.1, 0.15) is 0 Å². The number of hydrogen-bond donors (Lipinski definition) is 0. The maximum absolute atomic E-state index is 12.1. The maximum Gasteiger partial charge on any atom is 0.162 e. The summed E-state index contributed by atoms with van der Waals surface area (Å²) < 4.78 is 0. The van der Waals surface area contributed by atoms with Gasteiger partial charge < -0.3 is 0 Å². The topological polar surface area (TPSA) is 17.1 Å². The van der Waals surface area contributed by atoms with Crippen molar-refractivity contribution in [2.75, 3.05) is 0 Å². The molecule has 2 rings (SSSR count). The van der Waals surface area contributed by atoms with E-state index >= 15 is 0 Å². The highest BCUT2D eigenvalue weighted by Gasteiger charge is 2.06. The van der Waals surface area contributed by atoms with E-state index in [1.165, 1.54) is 10.4 Å². The van der Waals surface area contributed by atoms with Gasteiger partial charge in [-0.05, 0) is 42.3 Å². The summed E-state index contributed by atoms with van der Waals surface area (Å²) in [5.74, 6) is 0.273. The predicted octanol–water partition coefficient (Wildman–Crippen LogP) is 4.91. The molecule has 0 atom stereocenters. The first-order chi connectivity index (χ1) is 9.29. The lowest BCUT2D eigenvalue weighted by Crippen LogP contribution is -2.00. The standard InChI is InChI=1S/C17H20OS/c1-2-6-14-7-3-8-15(13-14)17(18)11-4-9-16-10-5-12-19-16/h3,5,7-8,10,12-13H,2,4,6,9,11H2,1H3. The fraction of sp³-hybridized carbons (Fsp3) is 0.353. The molecule has 2 aromatic rings. The average Bonchev–Trinajstić information content (AvgIpc) is 2.92. The van der Waals surface area contributed by atoms with Gasteiger partial charge in [-0.1, -0.05) is 37.6 Å². The molecule has 19 heavy (non-hydrogen) atoms. The first kappa shape index (κ1) is 14.0. The van der Waals surface area contributed by atoms with Crippen LogP contribution in [0.15, 0.2) is 41.8 Å². The molecule has 0 fully saturated rings. The second-order valence-corrected chi connectivity index (χ2v) is 5.84. The molecule has 100 valence electrons. The molecule has 0 saturated carbocycles. The molecule has 0 aliphatic carbocycles. The summed E-state index contributed by atoms with van der Waals surface area (Å²) in [6, 6.07) is 12.3. The van der Waals surface area contributed by atoms with E-state index in [0.717, 1.165) is 31.2 Å². The quantitative estimate of drug-likeness (QED) is 0.655. The lowest BCUT2D eigenvalue weighted by Gasteiger charge is -2.04. The number of Topliss-reactive ketones (excluding diaryl/α,β-unsaturated/α-hetero) is 1. The summed E-state index contributed by atoms with van der Waals surface area (Å²) in [6.45, 7) is 2.16. The van der Waals surface area contributed by atoms with Crippen molar-refractivity contribution >= 4 is 17.1 Å². The van der Waals surface area contributed by atoms with Gasteiger partial charge >= 0.3 is 0 Å². The molecule has 0 aliphatic rings. The van der Waals surface area contributed by atoms with E-state index in [1.54, 1.807) is 11.3 Å². The molecule has 1 heterocycles. The molecular weight excluding hydrogens is 252 g/mol. The summed E-state index contributed by atoms with van der Waals surface area (Å²) >= 11 is 1.77. The van der Waals surface area contributed by atoms with E-state index in [4.69, 9.17) is 0 Å². The van der Waals surface area contributed by atoms with Crippen molar-refractivity contribution in [2.45, 2.75) is 39.0 Å². The minimum atomic E-state index is 0.273. The first-order valence-electron chi connectivity index (χ1n) is 6.94. The van der Waals surface area contributed by atoms with Crippen LogP contribution in [0.4, 0.5) is 0 Å². The second-order valence-electron chi connectivity index (χ2n) is 4.81. The van der Waals surface area contributed by atoms with E-state index in [-0.39, 0.29) is 5.78 Å². The van der Waals surface area contributed by atoms with E-state index in [9.17, 15) is 4.79 Å². The SMILES string of the molecule is CCCc1cccc(C(=O)CCCc2cccs2)c1. The Morgan fingerprint density at radius 2 is 2.05 bits per heavy atom. The molecule has 2 heteroatoms. The van der Waals surface area contributed by atoms with Crippen LogP contribution in [0.2, 0.25) is 0 Å². The highest BCUT2D eigenvalue weighted by molar-refractivity contribution is 7.09. The molecule has 1 aromatic carbocycles. The number of rotatable bonds is 7. The lowest BCUT2D eigenvalue weighted by atomic mass is 10.0. The van der Waals surface area contributed by atoms with Crippen LogP contribution in [0, 0.1) is 0 Å². The zero-order valence-corrected chi connectivity index (χ0v) is 12.2. The summed E-state index contributed by atoms with van der Waals surface area (Å²) in [5, 5.41) is 2.09. The summed E-state index contributed by atoms with van der Waals surface area (Å²) in [4.78, 5) is 13.5. The number of carbonyl (C=O) groups is 1. The summed E-state index contributed by atoms with van der Waals surface area (Å²) in [7, 11) is 0. The van der Waals surface area contributed by atoms with E-state index in [2.05, 4.69) is 36.6 Å². The zero-order valence-electron chi connectivity index (χ0n) is 11.4. The van der Waals surface area contributed by atoms with Gasteiger partial charge in [0.2, 0.25) is 0 Å². The smallest absolute Gasteiger partial charge is 0.162 e. The number of thiophene rings is 1. The van der Waals surface area contributed by atoms with Crippen molar-refractivity contribution in [2.24, 2.45) is 0 Å². The molecule has 0 unspecified atom stereocenters. The highest BCUT2D eigenvalue weighted by Crippen LogP contribution is 2.15. The van der Waals surface area contributed by atoms with Gasteiger partial charge in [-0.3, -0.25) is 4.79 Å². The van der Waals surface area contributed by atoms with Crippen LogP contribution >= 0.6 is 11.3 Å². The van der Waals surface area contributed by atoms with E-state index < -0.39 is 0 Å². The van der Waals surface area contributed by atoms with Crippen LogP contribution in [0.3, 0.4) is 0 Å². The largest absolute Gasteiger partial charge is 0.294 e. The van der Waals surface area contributed by atoms with Crippen molar-refractivity contribution in [1.29, 1.82) is 0 Å². The highest BCUT2D eigenvalue weighted by atomic mass is 32.1. The molecule has 0 saturated heterocycles. The monoisotopic (exact) mass is 272 g/mol. The molecule has 0 spiro atoms. The fourth-order valence-corrected chi connectivity index (χ4v) is 2.96. The Kier molecular flexibility index (Phi) is 5.34. The van der Waals surface area contributed by atoms with Crippen LogP contribution in [0.25, 0.3) is 0 Å². The van der Waals surface area contributed by atoms with Gasteiger partial charge in [-0.25, -0.2) is 0 Å². The molecule has 0 amide bonds. The third kappa shape index (κ3) is 4.32. The van der Waals surface area contributed by atoms with Crippen LogP contribution in [0.5, 0.6) is 0 Å². The number of benzene rings is 1. The number of aryl methyl sites for hydroxylation is 2. The van der Waals surface area contributed by atoms with Gasteiger partial charge in [0.05, 0.1) is 0 Å². The average molecular weight is 272 g/mol. The minimum absolute atomic E-state index is 0.273. The molecular formula is C17H20OS. The van der Waals surface area contributed by atoms with Crippen molar-refractivity contribution in [3.8, 4) is 0 Å². The summed E-state index contributed by atoms with van der Waals surface area (Å²) in [6.07, 6.45) is 4.77. The normalized spacial score (nSPS) is 10.6. The first-order valence-corrected chi connectivity index (χ1v) is 7.82. The number of carbonyl (C=O) groups excluding carboxylic acids is 1. The van der Waals surface area contributed by atoms with E-state index in [0.29, 0.717) is 6.42 Å². The van der Waals surface area contributed by atoms with Gasteiger partial charge in [-0.15, -0.1) is 11.3 Å². The van der Waals surface area contributed by atoms with Crippen LogP contribution in [-0.4, -0.2) is 5.78 Å². The van der Waals surface area contributed by atoms with E-state index in [1.807, 2.05) is 12.1 Å². The van der Waals surface area contributed by atoms with Gasteiger partial charge in [0.25, 0.3) is 0 Å². The Morgan fingerprint density at radius 1 is 1.16 bits per heavy atom. The Morgan fingerprint density at radius 3 is 2.79 bits per heavy atom. The molecule has 1 nitrogen and oxygen atoms in total. The van der Waals surface area contributed by atoms with Crippen LogP contribution in [0.1, 0.15) is 47.0 Å². The van der Waals surface area contributed by atoms with Crippen molar-refractivity contribution in [3.05, 3.63) is 57.8 Å². The van der Waals surface area contributed by atoms with Gasteiger partial charge in [0.15, 0.2) is 5.78 Å². The Hall–Kier alpha value is -1.41. The third-order valence-electron chi connectivity index (χ3n) is 3.19. The van der Waals surface area contributed by atoms with Crippen molar-refractivity contribution < 1.29 is 4.79 Å². The predicted molar refractivity (Wildman–Crippen MR) is 82.0 cm³/mol. The Bertz CT molecular complexity index is 514. The number of ketones is 1. The third-order valence-corrected chi connectivity index (χ3v) is 4.13. The van der Waals surface area contributed by atoms with Crippen molar-refractivity contribution in [1.82, 2.24) is 0 Å². The zero-order chi connectivity index (χ0) is 13.5. The Balaban J connectivity index is 1.87. The molecule has 0 aliphatic heterocycles. The maximum atomic E-state index is 12.1. The molecule has 0 N–H and O–H groups in total. The number of hydrogen-bond acceptors (Lipinski definition) is 2. The van der Waals surface area contributed by atoms with Crippen LogP contribution in [-0.2, 0) is 12.8 Å². The molecule has 0 radical (unpaired) electrons. The molecule has 0 bridgehead atoms. The van der Waals surface area contributed by atoms with Gasteiger partial charge in [-0.2, -0.15) is 0 Å². The van der Waals surface area contributed by atoms with Crippen LogP contribution < -0.4 is 0 Å². The molecule has 1 aromatic heterocycles. The lowest BCUT2D eigenvalue weighted by molar-refractivity contribution is 0.0980. The fourth-order valence-electron chi connectivity index (χ4n) is 2.21. The van der Waals surface area contributed by atoms with Crippen molar-refractivity contribution in [3.63, 3.8) is 0 Å².